The van der Waals surface area contributed by atoms with E-state index in [-0.39, 0.29) is 11.7 Å². The fourth-order valence-corrected chi connectivity index (χ4v) is 3.37. The van der Waals surface area contributed by atoms with Gasteiger partial charge in [0.1, 0.15) is 0 Å². The van der Waals surface area contributed by atoms with Gasteiger partial charge in [-0.1, -0.05) is 45.3 Å². The number of hydrogen-bond donors (Lipinski definition) is 0. The van der Waals surface area contributed by atoms with Gasteiger partial charge in [-0.25, -0.2) is 0 Å². The van der Waals surface area contributed by atoms with Gasteiger partial charge in [0.2, 0.25) is 0 Å². The summed E-state index contributed by atoms with van der Waals surface area (Å²) in [5.41, 5.74) is 4.04. The van der Waals surface area contributed by atoms with Crippen LogP contribution in [0.5, 0.6) is 0 Å². The lowest BCUT2D eigenvalue weighted by Gasteiger charge is -2.42. The minimum Gasteiger partial charge on any atom is -0.369 e. The highest BCUT2D eigenvalue weighted by atomic mass is 79.9. The second-order valence-electron chi connectivity index (χ2n) is 6.32. The molecule has 0 N–H and O–H groups in total. The Kier molecular flexibility index (Phi) is 4.70. The second-order valence-corrected chi connectivity index (χ2v) is 6.97. The van der Waals surface area contributed by atoms with Gasteiger partial charge in [0.05, 0.1) is 11.7 Å². The van der Waals surface area contributed by atoms with Crippen molar-refractivity contribution in [2.24, 2.45) is 0 Å². The highest BCUT2D eigenvalue weighted by Crippen LogP contribution is 2.24. The van der Waals surface area contributed by atoms with Crippen LogP contribution in [0.4, 0.5) is 0 Å². The summed E-state index contributed by atoms with van der Waals surface area (Å²) in [7, 11) is 0. The molecule has 0 aromatic heterocycles. The van der Waals surface area contributed by atoms with E-state index in [0.717, 1.165) is 25.0 Å². The average Bonchev–Trinajstić information content (AvgIpc) is 2.25. The SMILES string of the molecule is Cc1cc(C)cc(CN2CC(CBr)OC(C)(C)C2)c1. The van der Waals surface area contributed by atoms with Crippen molar-refractivity contribution in [3.63, 3.8) is 0 Å². The van der Waals surface area contributed by atoms with Crippen molar-refractivity contribution < 1.29 is 4.74 Å². The van der Waals surface area contributed by atoms with Crippen molar-refractivity contribution in [2.75, 3.05) is 18.4 Å². The fourth-order valence-electron chi connectivity index (χ4n) is 3.04. The molecule has 3 heteroatoms. The van der Waals surface area contributed by atoms with Crippen molar-refractivity contribution >= 4 is 15.9 Å². The van der Waals surface area contributed by atoms with E-state index in [1.807, 2.05) is 0 Å². The number of benzene rings is 1. The topological polar surface area (TPSA) is 12.5 Å². The number of halogens is 1. The normalized spacial score (nSPS) is 23.5. The Morgan fingerprint density at radius 3 is 2.47 bits per heavy atom. The molecule has 19 heavy (non-hydrogen) atoms. The predicted octanol–water partition coefficient (Wildman–Crippen LogP) is 3.68. The monoisotopic (exact) mass is 325 g/mol. The van der Waals surface area contributed by atoms with E-state index in [4.69, 9.17) is 4.74 Å². The van der Waals surface area contributed by atoms with E-state index in [1.54, 1.807) is 0 Å². The molecule has 1 aromatic rings. The van der Waals surface area contributed by atoms with Crippen LogP contribution in [-0.4, -0.2) is 35.0 Å². The smallest absolute Gasteiger partial charge is 0.0806 e. The lowest BCUT2D eigenvalue weighted by atomic mass is 10.0. The van der Waals surface area contributed by atoms with Crippen LogP contribution in [0, 0.1) is 13.8 Å². The maximum atomic E-state index is 6.05. The molecule has 1 unspecified atom stereocenters. The van der Waals surface area contributed by atoms with Crippen LogP contribution in [-0.2, 0) is 11.3 Å². The largest absolute Gasteiger partial charge is 0.369 e. The van der Waals surface area contributed by atoms with Crippen LogP contribution >= 0.6 is 15.9 Å². The van der Waals surface area contributed by atoms with Crippen molar-refractivity contribution in [1.29, 1.82) is 0 Å². The van der Waals surface area contributed by atoms with E-state index < -0.39 is 0 Å². The lowest BCUT2D eigenvalue weighted by molar-refractivity contribution is -0.128. The van der Waals surface area contributed by atoms with Crippen LogP contribution in [0.15, 0.2) is 18.2 Å². The maximum Gasteiger partial charge on any atom is 0.0806 e. The third-order valence-corrected chi connectivity index (χ3v) is 4.13. The average molecular weight is 326 g/mol. The van der Waals surface area contributed by atoms with E-state index in [0.29, 0.717) is 0 Å². The van der Waals surface area contributed by atoms with Crippen molar-refractivity contribution in [2.45, 2.75) is 45.9 Å². The Labute approximate surface area is 125 Å². The molecule has 1 saturated heterocycles. The Balaban J connectivity index is 2.09. The summed E-state index contributed by atoms with van der Waals surface area (Å²) in [5, 5.41) is 0.903. The highest BCUT2D eigenvalue weighted by Gasteiger charge is 2.32. The first-order chi connectivity index (χ1) is 8.88. The van der Waals surface area contributed by atoms with Gasteiger partial charge in [-0.3, -0.25) is 4.90 Å². The van der Waals surface area contributed by atoms with Crippen LogP contribution in [0.2, 0.25) is 0 Å². The molecule has 106 valence electrons. The van der Waals surface area contributed by atoms with Crippen molar-refractivity contribution in [3.8, 4) is 0 Å². The molecule has 1 aliphatic heterocycles. The van der Waals surface area contributed by atoms with Crippen LogP contribution in [0.25, 0.3) is 0 Å². The van der Waals surface area contributed by atoms with Gasteiger partial charge >= 0.3 is 0 Å². The summed E-state index contributed by atoms with van der Waals surface area (Å²) in [6.07, 6.45) is 0.287. The zero-order chi connectivity index (χ0) is 14.0. The molecule has 1 aliphatic rings. The third kappa shape index (κ3) is 4.30. The lowest BCUT2D eigenvalue weighted by Crippen LogP contribution is -2.52. The predicted molar refractivity (Wildman–Crippen MR) is 83.9 cm³/mol. The first-order valence-corrected chi connectivity index (χ1v) is 8.03. The highest BCUT2D eigenvalue weighted by molar-refractivity contribution is 9.09. The van der Waals surface area contributed by atoms with Gasteiger partial charge < -0.3 is 4.74 Å². The summed E-state index contributed by atoms with van der Waals surface area (Å²) >= 11 is 3.55. The molecule has 1 fully saturated rings. The van der Waals surface area contributed by atoms with E-state index >= 15 is 0 Å². The number of nitrogens with zero attached hydrogens (tertiary/aromatic N) is 1. The number of ether oxygens (including phenoxy) is 1. The van der Waals surface area contributed by atoms with E-state index in [2.05, 4.69) is 66.7 Å². The molecular weight excluding hydrogens is 302 g/mol. The molecule has 0 spiro atoms. The van der Waals surface area contributed by atoms with Gasteiger partial charge in [0, 0.05) is 25.0 Å². The zero-order valence-corrected chi connectivity index (χ0v) is 14.0. The summed E-state index contributed by atoms with van der Waals surface area (Å²) in [4.78, 5) is 2.50. The van der Waals surface area contributed by atoms with Gasteiger partial charge in [-0.05, 0) is 33.3 Å². The van der Waals surface area contributed by atoms with Crippen molar-refractivity contribution in [1.82, 2.24) is 4.90 Å². The van der Waals surface area contributed by atoms with Gasteiger partial charge in [0.15, 0.2) is 0 Å². The number of hydrogen-bond acceptors (Lipinski definition) is 2. The number of alkyl halides is 1. The fraction of sp³-hybridized carbons (Fsp3) is 0.625. The van der Waals surface area contributed by atoms with Crippen molar-refractivity contribution in [3.05, 3.63) is 34.9 Å². The summed E-state index contributed by atoms with van der Waals surface area (Å²) in [6, 6.07) is 6.81. The Morgan fingerprint density at radius 2 is 1.89 bits per heavy atom. The summed E-state index contributed by atoms with van der Waals surface area (Å²) in [5.74, 6) is 0. The molecule has 1 atom stereocenters. The van der Waals surface area contributed by atoms with E-state index in [9.17, 15) is 0 Å². The van der Waals surface area contributed by atoms with Crippen LogP contribution in [0.1, 0.15) is 30.5 Å². The molecule has 0 bridgehead atoms. The second kappa shape index (κ2) is 5.94. The van der Waals surface area contributed by atoms with Gasteiger partial charge in [-0.15, -0.1) is 0 Å². The quantitative estimate of drug-likeness (QED) is 0.786. The van der Waals surface area contributed by atoms with Gasteiger partial charge in [-0.2, -0.15) is 0 Å². The first-order valence-electron chi connectivity index (χ1n) is 6.91. The molecule has 0 radical (unpaired) electrons. The molecule has 1 aromatic carbocycles. The first kappa shape index (κ1) is 15.0. The van der Waals surface area contributed by atoms with Crippen LogP contribution in [0.3, 0.4) is 0 Å². The molecule has 0 amide bonds. The molecule has 2 nitrogen and oxygen atoms in total. The number of rotatable bonds is 3. The number of morpholine rings is 1. The Bertz CT molecular complexity index is 424. The molecule has 1 heterocycles. The van der Waals surface area contributed by atoms with E-state index in [1.165, 1.54) is 16.7 Å². The maximum absolute atomic E-state index is 6.05. The molecular formula is C16H24BrNO. The minimum absolute atomic E-state index is 0.0600. The minimum atomic E-state index is -0.0600. The molecule has 0 aliphatic carbocycles. The van der Waals surface area contributed by atoms with Crippen LogP contribution < -0.4 is 0 Å². The Morgan fingerprint density at radius 1 is 1.26 bits per heavy atom. The Hall–Kier alpha value is -0.380. The number of aryl methyl sites for hydroxylation is 2. The standard InChI is InChI=1S/C16H24BrNO/c1-12-5-13(2)7-14(6-12)9-18-10-15(8-17)19-16(3,4)11-18/h5-7,15H,8-11H2,1-4H3. The summed E-state index contributed by atoms with van der Waals surface area (Å²) < 4.78 is 6.05. The molecule has 0 saturated carbocycles. The third-order valence-electron chi connectivity index (χ3n) is 3.41. The summed E-state index contributed by atoms with van der Waals surface area (Å²) in [6.45, 7) is 11.7. The van der Waals surface area contributed by atoms with Gasteiger partial charge in [0.25, 0.3) is 0 Å². The molecule has 2 rings (SSSR count). The zero-order valence-electron chi connectivity index (χ0n) is 12.4.